The van der Waals surface area contributed by atoms with Crippen molar-refractivity contribution in [3.05, 3.63) is 52.6 Å². The van der Waals surface area contributed by atoms with Gasteiger partial charge in [0.05, 0.1) is 11.7 Å². The molecule has 1 aromatic carbocycles. The summed E-state index contributed by atoms with van der Waals surface area (Å²) in [5.74, 6) is -0.356. The first-order chi connectivity index (χ1) is 8.13. The van der Waals surface area contributed by atoms with Crippen molar-refractivity contribution in [1.29, 1.82) is 0 Å². The fourth-order valence-electron chi connectivity index (χ4n) is 1.78. The van der Waals surface area contributed by atoms with E-state index in [-0.39, 0.29) is 5.82 Å². The van der Waals surface area contributed by atoms with E-state index in [4.69, 9.17) is 17.3 Å². The fraction of sp³-hybridized carbons (Fsp3) is 0.250. The molecule has 2 N–H and O–H groups in total. The lowest BCUT2D eigenvalue weighted by atomic mass is 10.0. The van der Waals surface area contributed by atoms with Crippen molar-refractivity contribution in [2.75, 3.05) is 0 Å². The SMILES string of the molecule is CCn1nccc1C(N)c1cc(Cl)ccc1F. The second-order valence-corrected chi connectivity index (χ2v) is 4.15. The first-order valence-corrected chi connectivity index (χ1v) is 5.73. The highest BCUT2D eigenvalue weighted by Gasteiger charge is 2.17. The summed E-state index contributed by atoms with van der Waals surface area (Å²) in [6.07, 6.45) is 1.65. The van der Waals surface area contributed by atoms with Gasteiger partial charge in [-0.2, -0.15) is 5.10 Å². The largest absolute Gasteiger partial charge is 0.319 e. The van der Waals surface area contributed by atoms with Crippen molar-refractivity contribution in [1.82, 2.24) is 9.78 Å². The molecular weight excluding hydrogens is 241 g/mol. The summed E-state index contributed by atoms with van der Waals surface area (Å²) < 4.78 is 15.4. The number of rotatable bonds is 3. The van der Waals surface area contributed by atoms with Gasteiger partial charge in [0.25, 0.3) is 0 Å². The lowest BCUT2D eigenvalue weighted by Gasteiger charge is -2.14. The third-order valence-electron chi connectivity index (χ3n) is 2.66. The lowest BCUT2D eigenvalue weighted by molar-refractivity contribution is 0.568. The van der Waals surface area contributed by atoms with Gasteiger partial charge in [0.1, 0.15) is 5.82 Å². The number of halogens is 2. The van der Waals surface area contributed by atoms with Crippen molar-refractivity contribution in [3.8, 4) is 0 Å². The molecule has 1 aromatic heterocycles. The summed E-state index contributed by atoms with van der Waals surface area (Å²) in [5, 5.41) is 4.59. The minimum atomic E-state index is -0.559. The summed E-state index contributed by atoms with van der Waals surface area (Å²) in [4.78, 5) is 0. The molecule has 0 bridgehead atoms. The predicted octanol–water partition coefficient (Wildman–Crippen LogP) is 2.74. The minimum Gasteiger partial charge on any atom is -0.319 e. The molecule has 17 heavy (non-hydrogen) atoms. The van der Waals surface area contributed by atoms with Crippen LogP contribution in [0.2, 0.25) is 5.02 Å². The van der Waals surface area contributed by atoms with Crippen LogP contribution >= 0.6 is 11.6 Å². The summed E-state index contributed by atoms with van der Waals surface area (Å²) >= 11 is 5.85. The Kier molecular flexibility index (Phi) is 3.45. The normalized spacial score (nSPS) is 12.7. The Balaban J connectivity index is 2.43. The topological polar surface area (TPSA) is 43.8 Å². The van der Waals surface area contributed by atoms with Crippen LogP contribution in [0.25, 0.3) is 0 Å². The van der Waals surface area contributed by atoms with E-state index in [0.717, 1.165) is 5.69 Å². The fourth-order valence-corrected chi connectivity index (χ4v) is 1.96. The van der Waals surface area contributed by atoms with Crippen LogP contribution in [0.5, 0.6) is 0 Å². The molecule has 2 aromatic rings. The number of hydrogen-bond donors (Lipinski definition) is 1. The molecule has 0 spiro atoms. The first-order valence-electron chi connectivity index (χ1n) is 5.35. The van der Waals surface area contributed by atoms with Crippen LogP contribution in [0, 0.1) is 5.82 Å². The molecule has 0 aliphatic carbocycles. The molecule has 1 heterocycles. The molecule has 90 valence electrons. The molecule has 0 aliphatic rings. The Bertz CT molecular complexity index is 524. The molecule has 3 nitrogen and oxygen atoms in total. The molecule has 0 fully saturated rings. The molecule has 1 unspecified atom stereocenters. The lowest BCUT2D eigenvalue weighted by Crippen LogP contribution is -2.18. The van der Waals surface area contributed by atoms with Crippen LogP contribution in [-0.2, 0) is 6.54 Å². The zero-order chi connectivity index (χ0) is 12.4. The van der Waals surface area contributed by atoms with Gasteiger partial charge in [-0.15, -0.1) is 0 Å². The monoisotopic (exact) mass is 253 g/mol. The Hall–Kier alpha value is -1.39. The average molecular weight is 254 g/mol. The number of aromatic nitrogens is 2. The molecule has 2 rings (SSSR count). The average Bonchev–Trinajstić information content (AvgIpc) is 2.79. The van der Waals surface area contributed by atoms with E-state index >= 15 is 0 Å². The van der Waals surface area contributed by atoms with Gasteiger partial charge in [-0.3, -0.25) is 4.68 Å². The van der Waals surface area contributed by atoms with Gasteiger partial charge >= 0.3 is 0 Å². The van der Waals surface area contributed by atoms with E-state index in [1.165, 1.54) is 12.1 Å². The van der Waals surface area contributed by atoms with Crippen LogP contribution in [-0.4, -0.2) is 9.78 Å². The molecule has 0 saturated heterocycles. The van der Waals surface area contributed by atoms with Gasteiger partial charge < -0.3 is 5.73 Å². The van der Waals surface area contributed by atoms with E-state index in [1.807, 2.05) is 6.92 Å². The Labute approximate surface area is 104 Å². The van der Waals surface area contributed by atoms with Gasteiger partial charge in [-0.05, 0) is 31.2 Å². The van der Waals surface area contributed by atoms with Gasteiger partial charge in [0.2, 0.25) is 0 Å². The highest BCUT2D eigenvalue weighted by Crippen LogP contribution is 2.24. The van der Waals surface area contributed by atoms with Crippen molar-refractivity contribution in [3.63, 3.8) is 0 Å². The first kappa shape index (κ1) is 12.1. The van der Waals surface area contributed by atoms with E-state index in [2.05, 4.69) is 5.10 Å². The summed E-state index contributed by atoms with van der Waals surface area (Å²) in [7, 11) is 0. The van der Waals surface area contributed by atoms with Gasteiger partial charge in [0.15, 0.2) is 0 Å². The Morgan fingerprint density at radius 1 is 1.47 bits per heavy atom. The number of hydrogen-bond acceptors (Lipinski definition) is 2. The van der Waals surface area contributed by atoms with E-state index in [0.29, 0.717) is 17.1 Å². The standard InChI is InChI=1S/C12H13ClFN3/c1-2-17-11(5-6-16-17)12(15)9-7-8(13)3-4-10(9)14/h3-7,12H,2,15H2,1H3. The van der Waals surface area contributed by atoms with E-state index in [9.17, 15) is 4.39 Å². The molecular formula is C12H13ClFN3. The highest BCUT2D eigenvalue weighted by atomic mass is 35.5. The molecule has 0 amide bonds. The highest BCUT2D eigenvalue weighted by molar-refractivity contribution is 6.30. The Morgan fingerprint density at radius 3 is 2.94 bits per heavy atom. The van der Waals surface area contributed by atoms with Crippen molar-refractivity contribution >= 4 is 11.6 Å². The smallest absolute Gasteiger partial charge is 0.128 e. The molecule has 1 atom stereocenters. The number of benzene rings is 1. The number of nitrogens with zero attached hydrogens (tertiary/aromatic N) is 2. The van der Waals surface area contributed by atoms with Crippen molar-refractivity contribution in [2.45, 2.75) is 19.5 Å². The van der Waals surface area contributed by atoms with Crippen LogP contribution in [0.4, 0.5) is 4.39 Å². The van der Waals surface area contributed by atoms with E-state index in [1.54, 1.807) is 23.0 Å². The third kappa shape index (κ3) is 2.33. The maximum absolute atomic E-state index is 13.7. The summed E-state index contributed by atoms with van der Waals surface area (Å²) in [6.45, 7) is 2.65. The van der Waals surface area contributed by atoms with Gasteiger partial charge in [0, 0.05) is 23.3 Å². The van der Waals surface area contributed by atoms with Crippen molar-refractivity contribution in [2.24, 2.45) is 5.73 Å². The quantitative estimate of drug-likeness (QED) is 0.914. The van der Waals surface area contributed by atoms with Crippen LogP contribution in [0.1, 0.15) is 24.2 Å². The summed E-state index contributed by atoms with van der Waals surface area (Å²) in [6, 6.07) is 5.61. The second-order valence-electron chi connectivity index (χ2n) is 3.72. The van der Waals surface area contributed by atoms with Crippen LogP contribution < -0.4 is 5.73 Å². The van der Waals surface area contributed by atoms with Gasteiger partial charge in [-0.25, -0.2) is 4.39 Å². The van der Waals surface area contributed by atoms with Crippen LogP contribution in [0.15, 0.2) is 30.5 Å². The van der Waals surface area contributed by atoms with Crippen molar-refractivity contribution < 1.29 is 4.39 Å². The molecule has 0 saturated carbocycles. The Morgan fingerprint density at radius 2 is 2.24 bits per heavy atom. The minimum absolute atomic E-state index is 0.356. The van der Waals surface area contributed by atoms with Gasteiger partial charge in [-0.1, -0.05) is 11.6 Å². The maximum atomic E-state index is 13.7. The van der Waals surface area contributed by atoms with E-state index < -0.39 is 6.04 Å². The zero-order valence-corrected chi connectivity index (χ0v) is 10.2. The third-order valence-corrected chi connectivity index (χ3v) is 2.90. The number of aryl methyl sites for hydroxylation is 1. The molecule has 5 heteroatoms. The molecule has 0 aliphatic heterocycles. The second kappa shape index (κ2) is 4.85. The summed E-state index contributed by atoms with van der Waals surface area (Å²) in [5.41, 5.74) is 7.20. The molecule has 0 radical (unpaired) electrons. The number of nitrogens with two attached hydrogens (primary N) is 1. The zero-order valence-electron chi connectivity index (χ0n) is 9.40. The predicted molar refractivity (Wildman–Crippen MR) is 65.3 cm³/mol. The maximum Gasteiger partial charge on any atom is 0.128 e. The van der Waals surface area contributed by atoms with Crippen LogP contribution in [0.3, 0.4) is 0 Å².